The van der Waals surface area contributed by atoms with Crippen molar-refractivity contribution in [1.82, 2.24) is 9.97 Å². The van der Waals surface area contributed by atoms with Crippen LogP contribution in [0.3, 0.4) is 0 Å². The highest BCUT2D eigenvalue weighted by Crippen LogP contribution is 2.25. The van der Waals surface area contributed by atoms with Crippen molar-refractivity contribution in [2.24, 2.45) is 0 Å². The van der Waals surface area contributed by atoms with E-state index in [9.17, 15) is 4.79 Å². The molecule has 0 aliphatic carbocycles. The minimum atomic E-state index is -0.901. The molecule has 1 aromatic heterocycles. The van der Waals surface area contributed by atoms with Gasteiger partial charge in [0.05, 0.1) is 17.8 Å². The zero-order valence-corrected chi connectivity index (χ0v) is 10.3. The highest BCUT2D eigenvalue weighted by atomic mass is 16.4. The summed E-state index contributed by atoms with van der Waals surface area (Å²) >= 11 is 0. The molecule has 0 saturated carbocycles. The number of rotatable bonds is 3. The van der Waals surface area contributed by atoms with Crippen molar-refractivity contribution in [2.45, 2.75) is 20.3 Å². The van der Waals surface area contributed by atoms with Gasteiger partial charge in [-0.2, -0.15) is 0 Å². The molecule has 1 N–H and O–H groups in total. The SMILES string of the molecule is Cc1ccc(C)c(-c2nccnc2CC(=O)O)c1. The van der Waals surface area contributed by atoms with Gasteiger partial charge in [-0.1, -0.05) is 17.7 Å². The van der Waals surface area contributed by atoms with Gasteiger partial charge in [0.25, 0.3) is 0 Å². The van der Waals surface area contributed by atoms with E-state index in [4.69, 9.17) is 5.11 Å². The smallest absolute Gasteiger partial charge is 0.309 e. The first-order chi connectivity index (χ1) is 8.58. The number of carboxylic acids is 1. The van der Waals surface area contributed by atoms with E-state index in [2.05, 4.69) is 9.97 Å². The number of hydrogen-bond acceptors (Lipinski definition) is 3. The second-order valence-corrected chi connectivity index (χ2v) is 4.24. The maximum absolute atomic E-state index is 10.8. The lowest BCUT2D eigenvalue weighted by Crippen LogP contribution is -2.06. The fourth-order valence-corrected chi connectivity index (χ4v) is 1.86. The van der Waals surface area contributed by atoms with E-state index in [1.807, 2.05) is 32.0 Å². The van der Waals surface area contributed by atoms with Crippen molar-refractivity contribution in [3.63, 3.8) is 0 Å². The monoisotopic (exact) mass is 242 g/mol. The summed E-state index contributed by atoms with van der Waals surface area (Å²) in [5.74, 6) is -0.901. The van der Waals surface area contributed by atoms with Crippen LogP contribution in [-0.4, -0.2) is 21.0 Å². The molecular weight excluding hydrogens is 228 g/mol. The maximum atomic E-state index is 10.8. The number of carboxylic acid groups (broad SMARTS) is 1. The van der Waals surface area contributed by atoms with E-state index in [0.717, 1.165) is 16.7 Å². The molecule has 0 spiro atoms. The van der Waals surface area contributed by atoms with Crippen LogP contribution < -0.4 is 0 Å². The van der Waals surface area contributed by atoms with Crippen LogP contribution in [0.25, 0.3) is 11.3 Å². The van der Waals surface area contributed by atoms with Crippen LogP contribution in [0, 0.1) is 13.8 Å². The molecule has 0 bridgehead atoms. The number of nitrogens with zero attached hydrogens (tertiary/aromatic N) is 2. The third kappa shape index (κ3) is 2.53. The first-order valence-electron chi connectivity index (χ1n) is 5.67. The van der Waals surface area contributed by atoms with Gasteiger partial charge in [0.2, 0.25) is 0 Å². The van der Waals surface area contributed by atoms with Gasteiger partial charge in [0.1, 0.15) is 0 Å². The van der Waals surface area contributed by atoms with Crippen LogP contribution >= 0.6 is 0 Å². The molecule has 0 aliphatic rings. The molecule has 92 valence electrons. The molecule has 2 rings (SSSR count). The zero-order chi connectivity index (χ0) is 13.1. The summed E-state index contributed by atoms with van der Waals surface area (Å²) in [6, 6.07) is 6.03. The molecule has 4 heteroatoms. The summed E-state index contributed by atoms with van der Waals surface area (Å²) in [4.78, 5) is 19.2. The van der Waals surface area contributed by atoms with Gasteiger partial charge in [-0.05, 0) is 25.5 Å². The number of aryl methyl sites for hydroxylation is 2. The maximum Gasteiger partial charge on any atom is 0.309 e. The summed E-state index contributed by atoms with van der Waals surface area (Å²) in [6.45, 7) is 3.98. The molecule has 18 heavy (non-hydrogen) atoms. The Bertz CT molecular complexity index is 594. The van der Waals surface area contributed by atoms with E-state index >= 15 is 0 Å². The minimum absolute atomic E-state index is 0.115. The Balaban J connectivity index is 2.56. The highest BCUT2D eigenvalue weighted by Gasteiger charge is 2.13. The van der Waals surface area contributed by atoms with Crippen molar-refractivity contribution in [1.29, 1.82) is 0 Å². The number of hydrogen-bond donors (Lipinski definition) is 1. The molecule has 1 heterocycles. The van der Waals surface area contributed by atoms with Crippen LogP contribution in [0.4, 0.5) is 0 Å². The van der Waals surface area contributed by atoms with Gasteiger partial charge < -0.3 is 5.11 Å². The van der Waals surface area contributed by atoms with Crippen molar-refractivity contribution < 1.29 is 9.90 Å². The molecule has 0 radical (unpaired) electrons. The lowest BCUT2D eigenvalue weighted by molar-refractivity contribution is -0.136. The van der Waals surface area contributed by atoms with Crippen LogP contribution in [-0.2, 0) is 11.2 Å². The molecule has 2 aromatic rings. The first-order valence-corrected chi connectivity index (χ1v) is 5.67. The Morgan fingerprint density at radius 1 is 1.22 bits per heavy atom. The van der Waals surface area contributed by atoms with Gasteiger partial charge in [0.15, 0.2) is 0 Å². The van der Waals surface area contributed by atoms with E-state index in [1.54, 1.807) is 6.20 Å². The Kier molecular flexibility index (Phi) is 3.37. The minimum Gasteiger partial charge on any atom is -0.481 e. The molecule has 4 nitrogen and oxygen atoms in total. The molecule has 0 aliphatic heterocycles. The van der Waals surface area contributed by atoms with Gasteiger partial charge in [-0.25, -0.2) is 0 Å². The predicted molar refractivity (Wildman–Crippen MR) is 68.3 cm³/mol. The Morgan fingerprint density at radius 2 is 1.94 bits per heavy atom. The zero-order valence-electron chi connectivity index (χ0n) is 10.3. The molecule has 0 atom stereocenters. The van der Waals surface area contributed by atoms with Gasteiger partial charge in [0, 0.05) is 18.0 Å². The molecule has 0 amide bonds. The molecular formula is C14H14N2O2. The Morgan fingerprint density at radius 3 is 2.67 bits per heavy atom. The lowest BCUT2D eigenvalue weighted by atomic mass is 10.0. The average molecular weight is 242 g/mol. The van der Waals surface area contributed by atoms with Crippen LogP contribution in [0.5, 0.6) is 0 Å². The van der Waals surface area contributed by atoms with Gasteiger partial charge >= 0.3 is 5.97 Å². The van der Waals surface area contributed by atoms with Crippen molar-refractivity contribution in [3.8, 4) is 11.3 Å². The second-order valence-electron chi connectivity index (χ2n) is 4.24. The summed E-state index contributed by atoms with van der Waals surface area (Å²) in [5.41, 5.74) is 4.27. The number of carbonyl (C=O) groups is 1. The van der Waals surface area contributed by atoms with Crippen molar-refractivity contribution >= 4 is 5.97 Å². The third-order valence-corrected chi connectivity index (χ3v) is 2.74. The van der Waals surface area contributed by atoms with Gasteiger partial charge in [-0.15, -0.1) is 0 Å². The fourth-order valence-electron chi connectivity index (χ4n) is 1.86. The standard InChI is InChI=1S/C14H14N2O2/c1-9-3-4-10(2)11(7-9)14-12(8-13(17)18)15-5-6-16-14/h3-7H,8H2,1-2H3,(H,17,18). The number of aliphatic carboxylic acids is 1. The number of aromatic nitrogens is 2. The third-order valence-electron chi connectivity index (χ3n) is 2.74. The molecule has 0 unspecified atom stereocenters. The van der Waals surface area contributed by atoms with Crippen LogP contribution in [0.2, 0.25) is 0 Å². The van der Waals surface area contributed by atoms with Crippen molar-refractivity contribution in [2.75, 3.05) is 0 Å². The van der Waals surface area contributed by atoms with Crippen LogP contribution in [0.15, 0.2) is 30.6 Å². The number of benzene rings is 1. The predicted octanol–water partition coefficient (Wildman–Crippen LogP) is 2.39. The summed E-state index contributed by atoms with van der Waals surface area (Å²) in [7, 11) is 0. The van der Waals surface area contributed by atoms with E-state index in [-0.39, 0.29) is 6.42 Å². The Hall–Kier alpha value is -2.23. The van der Waals surface area contributed by atoms with Crippen molar-refractivity contribution in [3.05, 3.63) is 47.4 Å². The molecule has 0 saturated heterocycles. The first kappa shape index (κ1) is 12.2. The summed E-state index contributed by atoms with van der Waals surface area (Å²) in [6.07, 6.45) is 2.99. The average Bonchev–Trinajstić information content (AvgIpc) is 2.32. The lowest BCUT2D eigenvalue weighted by Gasteiger charge is -2.09. The topological polar surface area (TPSA) is 63.1 Å². The second kappa shape index (κ2) is 4.96. The summed E-state index contributed by atoms with van der Waals surface area (Å²) < 4.78 is 0. The Labute approximate surface area is 105 Å². The largest absolute Gasteiger partial charge is 0.481 e. The van der Waals surface area contributed by atoms with Gasteiger partial charge in [-0.3, -0.25) is 14.8 Å². The summed E-state index contributed by atoms with van der Waals surface area (Å²) in [5, 5.41) is 8.89. The van der Waals surface area contributed by atoms with E-state index in [1.165, 1.54) is 6.20 Å². The molecule has 1 aromatic carbocycles. The van der Waals surface area contributed by atoms with E-state index < -0.39 is 5.97 Å². The molecule has 0 fully saturated rings. The van der Waals surface area contributed by atoms with Crippen LogP contribution in [0.1, 0.15) is 16.8 Å². The van der Waals surface area contributed by atoms with E-state index in [0.29, 0.717) is 11.4 Å². The quantitative estimate of drug-likeness (QED) is 0.897. The fraction of sp³-hybridized carbons (Fsp3) is 0.214. The normalized spacial score (nSPS) is 10.3. The highest BCUT2D eigenvalue weighted by molar-refractivity contribution is 5.74.